The Balaban J connectivity index is 1.52. The van der Waals surface area contributed by atoms with E-state index < -0.39 is 45.8 Å². The van der Waals surface area contributed by atoms with E-state index in [9.17, 15) is 8.42 Å². The third-order valence-electron chi connectivity index (χ3n) is 5.02. The lowest BCUT2D eigenvalue weighted by Crippen LogP contribution is -2.46. The Morgan fingerprint density at radius 3 is 2.32 bits per heavy atom. The first-order valence-corrected chi connectivity index (χ1v) is 10.7. The second-order valence-electron chi connectivity index (χ2n) is 8.33. The Hall–Kier alpha value is -1.07. The normalized spacial score (nSPS) is 36.1. The lowest BCUT2D eigenvalue weighted by Gasteiger charge is -2.30. The number of rotatable bonds is 4. The minimum Gasteiger partial charge on any atom is -0.345 e. The molecule has 1 spiro atoms. The molecule has 3 fully saturated rings. The Bertz CT molecular complexity index is 847. The molecule has 0 aliphatic carbocycles. The summed E-state index contributed by atoms with van der Waals surface area (Å²) in [4.78, 5) is 0.0906. The molecule has 0 N–H and O–H groups in total. The van der Waals surface area contributed by atoms with E-state index in [1.165, 1.54) is 12.1 Å². The standard InChI is InChI=1S/C19H26O8S/c1-12-6-8-13(9-7-12)28(20,21)23-10-14-15-16(26-18(4,5)25-15)19(24-14)11-22-17(2,3)27-19/h6-9,14-16H,10-11H2,1-5H3/t14-,15-,16-,19+/m1/s1. The van der Waals surface area contributed by atoms with Crippen LogP contribution in [-0.2, 0) is 38.0 Å². The number of benzene rings is 1. The van der Waals surface area contributed by atoms with Crippen LogP contribution in [0.5, 0.6) is 0 Å². The van der Waals surface area contributed by atoms with Crippen LogP contribution in [0.4, 0.5) is 0 Å². The minimum atomic E-state index is -3.93. The minimum absolute atomic E-state index is 0.0906. The van der Waals surface area contributed by atoms with Gasteiger partial charge < -0.3 is 23.7 Å². The average Bonchev–Trinajstić information content (AvgIpc) is 3.16. The molecule has 4 atom stereocenters. The summed E-state index contributed by atoms with van der Waals surface area (Å²) in [6.07, 6.45) is -1.79. The van der Waals surface area contributed by atoms with Gasteiger partial charge >= 0.3 is 0 Å². The molecule has 3 saturated heterocycles. The van der Waals surface area contributed by atoms with Gasteiger partial charge in [0.25, 0.3) is 10.1 Å². The maximum atomic E-state index is 12.5. The van der Waals surface area contributed by atoms with Gasteiger partial charge in [-0.2, -0.15) is 8.42 Å². The van der Waals surface area contributed by atoms with Gasteiger partial charge in [0.1, 0.15) is 24.9 Å². The Labute approximate surface area is 165 Å². The monoisotopic (exact) mass is 414 g/mol. The SMILES string of the molecule is Cc1ccc(S(=O)(=O)OC[C@H]2O[C@]3(COC(C)(C)O3)[C@@H]3OC(C)(C)O[C@@H]32)cc1. The molecule has 0 bridgehead atoms. The van der Waals surface area contributed by atoms with E-state index in [-0.39, 0.29) is 18.1 Å². The summed E-state index contributed by atoms with van der Waals surface area (Å²) in [7, 11) is -3.93. The summed E-state index contributed by atoms with van der Waals surface area (Å²) in [5, 5.41) is 0. The van der Waals surface area contributed by atoms with Crippen molar-refractivity contribution >= 4 is 10.1 Å². The first-order chi connectivity index (χ1) is 12.9. The zero-order chi connectivity index (χ0) is 20.4. The van der Waals surface area contributed by atoms with E-state index in [4.69, 9.17) is 27.9 Å². The van der Waals surface area contributed by atoms with Crippen molar-refractivity contribution in [2.75, 3.05) is 13.2 Å². The van der Waals surface area contributed by atoms with Crippen LogP contribution in [0.15, 0.2) is 29.2 Å². The van der Waals surface area contributed by atoms with Crippen molar-refractivity contribution in [1.82, 2.24) is 0 Å². The van der Waals surface area contributed by atoms with Crippen molar-refractivity contribution in [1.29, 1.82) is 0 Å². The quantitative estimate of drug-likeness (QED) is 0.692. The molecule has 9 heteroatoms. The maximum absolute atomic E-state index is 12.5. The highest BCUT2D eigenvalue weighted by Crippen LogP contribution is 2.49. The molecule has 0 aromatic heterocycles. The van der Waals surface area contributed by atoms with Crippen molar-refractivity contribution in [3.8, 4) is 0 Å². The van der Waals surface area contributed by atoms with Crippen LogP contribution in [0.1, 0.15) is 33.3 Å². The van der Waals surface area contributed by atoms with E-state index in [0.717, 1.165) is 5.56 Å². The molecule has 3 aliphatic rings. The fraction of sp³-hybridized carbons (Fsp3) is 0.684. The Kier molecular flexibility index (Phi) is 4.67. The van der Waals surface area contributed by atoms with E-state index in [1.807, 2.05) is 6.92 Å². The van der Waals surface area contributed by atoms with Crippen LogP contribution in [0, 0.1) is 6.92 Å². The average molecular weight is 414 g/mol. The molecule has 156 valence electrons. The van der Waals surface area contributed by atoms with Gasteiger partial charge in [-0.15, -0.1) is 0 Å². The van der Waals surface area contributed by atoms with Crippen molar-refractivity contribution in [2.24, 2.45) is 0 Å². The number of ether oxygens (including phenoxy) is 5. The lowest BCUT2D eigenvalue weighted by atomic mass is 10.1. The van der Waals surface area contributed by atoms with Gasteiger partial charge in [-0.3, -0.25) is 4.18 Å². The van der Waals surface area contributed by atoms with E-state index in [0.29, 0.717) is 0 Å². The second-order valence-corrected chi connectivity index (χ2v) is 9.95. The van der Waals surface area contributed by atoms with Gasteiger partial charge in [0.15, 0.2) is 11.6 Å². The van der Waals surface area contributed by atoms with Crippen LogP contribution in [0.25, 0.3) is 0 Å². The highest BCUT2D eigenvalue weighted by molar-refractivity contribution is 7.86. The third kappa shape index (κ3) is 3.60. The predicted molar refractivity (Wildman–Crippen MR) is 96.9 cm³/mol. The highest BCUT2D eigenvalue weighted by atomic mass is 32.2. The molecule has 1 aromatic rings. The Morgan fingerprint density at radius 2 is 1.71 bits per heavy atom. The van der Waals surface area contributed by atoms with Crippen molar-refractivity contribution < 1.29 is 36.3 Å². The van der Waals surface area contributed by atoms with Gasteiger partial charge in [0.05, 0.1) is 11.5 Å². The molecular weight excluding hydrogens is 388 g/mol. The second kappa shape index (κ2) is 6.46. The summed E-state index contributed by atoms with van der Waals surface area (Å²) in [6.45, 7) is 8.97. The number of fused-ring (bicyclic) bond motifs is 2. The first kappa shape index (κ1) is 20.2. The molecule has 0 saturated carbocycles. The summed E-state index contributed by atoms with van der Waals surface area (Å²) >= 11 is 0. The molecule has 0 radical (unpaired) electrons. The van der Waals surface area contributed by atoms with Crippen LogP contribution < -0.4 is 0 Å². The number of hydrogen-bond acceptors (Lipinski definition) is 8. The lowest BCUT2D eigenvalue weighted by molar-refractivity contribution is -0.297. The van der Waals surface area contributed by atoms with Gasteiger partial charge in [-0.05, 0) is 46.8 Å². The molecule has 1 aromatic carbocycles. The molecule has 8 nitrogen and oxygen atoms in total. The summed E-state index contributed by atoms with van der Waals surface area (Å²) in [6, 6.07) is 6.46. The molecule has 3 aliphatic heterocycles. The van der Waals surface area contributed by atoms with Gasteiger partial charge in [-0.1, -0.05) is 17.7 Å². The largest absolute Gasteiger partial charge is 0.345 e. The van der Waals surface area contributed by atoms with Crippen molar-refractivity contribution in [2.45, 2.75) is 75.2 Å². The molecular formula is C19H26O8S. The fourth-order valence-electron chi connectivity index (χ4n) is 3.80. The van der Waals surface area contributed by atoms with Gasteiger partial charge in [-0.25, -0.2) is 0 Å². The van der Waals surface area contributed by atoms with E-state index >= 15 is 0 Å². The van der Waals surface area contributed by atoms with Gasteiger partial charge in [0.2, 0.25) is 5.79 Å². The molecule has 0 unspecified atom stereocenters. The number of aryl methyl sites for hydroxylation is 1. The maximum Gasteiger partial charge on any atom is 0.297 e. The summed E-state index contributed by atoms with van der Waals surface area (Å²) < 4.78 is 60.1. The van der Waals surface area contributed by atoms with Crippen molar-refractivity contribution in [3.05, 3.63) is 29.8 Å². The third-order valence-corrected chi connectivity index (χ3v) is 6.31. The van der Waals surface area contributed by atoms with Crippen LogP contribution in [0.3, 0.4) is 0 Å². The summed E-state index contributed by atoms with van der Waals surface area (Å²) in [5.41, 5.74) is 0.961. The van der Waals surface area contributed by atoms with Crippen LogP contribution >= 0.6 is 0 Å². The molecule has 4 rings (SSSR count). The zero-order valence-electron chi connectivity index (χ0n) is 16.6. The first-order valence-electron chi connectivity index (χ1n) is 9.25. The highest BCUT2D eigenvalue weighted by Gasteiger charge is 2.67. The molecule has 3 heterocycles. The van der Waals surface area contributed by atoms with Crippen LogP contribution in [0.2, 0.25) is 0 Å². The molecule has 0 amide bonds. The zero-order valence-corrected chi connectivity index (χ0v) is 17.4. The number of hydrogen-bond donors (Lipinski definition) is 0. The smallest absolute Gasteiger partial charge is 0.297 e. The van der Waals surface area contributed by atoms with E-state index in [1.54, 1.807) is 39.8 Å². The fourth-order valence-corrected chi connectivity index (χ4v) is 4.72. The topological polar surface area (TPSA) is 89.5 Å². The van der Waals surface area contributed by atoms with Crippen LogP contribution in [-0.4, -0.2) is 57.3 Å². The predicted octanol–water partition coefficient (Wildman–Crippen LogP) is 2.10. The molecule has 28 heavy (non-hydrogen) atoms. The van der Waals surface area contributed by atoms with Gasteiger partial charge in [0, 0.05) is 0 Å². The van der Waals surface area contributed by atoms with Crippen molar-refractivity contribution in [3.63, 3.8) is 0 Å². The van der Waals surface area contributed by atoms with E-state index in [2.05, 4.69) is 0 Å². The summed E-state index contributed by atoms with van der Waals surface area (Å²) in [5.74, 6) is -2.86. The Morgan fingerprint density at radius 1 is 1.04 bits per heavy atom.